The molecule has 0 heterocycles. The molecule has 4 nitrogen and oxygen atoms in total. The standard InChI is InChI=1S/C22H45NO3/c1-2-3-4-5-6-7-8-9-10-11-12-13-14-15-16-17-18-19-20(24)21(23)22(25)26/h20-21,24H,2-19,23H2,1H3,(H,25,26)/t20-,21+/m1/s1. The van der Waals surface area contributed by atoms with Crippen molar-refractivity contribution < 1.29 is 15.0 Å². The SMILES string of the molecule is CCCCCCCCCCCCCCCCCCC[C@@H](O)[C@H](N)C(=O)O. The molecule has 0 unspecified atom stereocenters. The molecule has 0 amide bonds. The lowest BCUT2D eigenvalue weighted by Gasteiger charge is -2.14. The largest absolute Gasteiger partial charge is 0.480 e. The van der Waals surface area contributed by atoms with Gasteiger partial charge in [-0.15, -0.1) is 0 Å². The van der Waals surface area contributed by atoms with Crippen LogP contribution in [0, 0.1) is 0 Å². The molecule has 0 aromatic carbocycles. The van der Waals surface area contributed by atoms with Gasteiger partial charge in [0.05, 0.1) is 6.10 Å². The Morgan fingerprint density at radius 1 is 0.692 bits per heavy atom. The van der Waals surface area contributed by atoms with Gasteiger partial charge in [-0.1, -0.05) is 116 Å². The molecule has 0 aromatic heterocycles. The molecule has 0 rings (SSSR count). The fourth-order valence-electron chi connectivity index (χ4n) is 3.42. The van der Waals surface area contributed by atoms with Crippen molar-refractivity contribution in [1.29, 1.82) is 0 Å². The number of aliphatic hydroxyl groups is 1. The van der Waals surface area contributed by atoms with E-state index < -0.39 is 18.1 Å². The molecule has 0 aliphatic rings. The zero-order valence-corrected chi connectivity index (χ0v) is 17.3. The fraction of sp³-hybridized carbons (Fsp3) is 0.955. The summed E-state index contributed by atoms with van der Waals surface area (Å²) >= 11 is 0. The van der Waals surface area contributed by atoms with E-state index in [2.05, 4.69) is 6.92 Å². The highest BCUT2D eigenvalue weighted by Crippen LogP contribution is 2.14. The van der Waals surface area contributed by atoms with Gasteiger partial charge < -0.3 is 15.9 Å². The molecule has 2 atom stereocenters. The first kappa shape index (κ1) is 25.4. The second-order valence-corrected chi connectivity index (χ2v) is 7.88. The third kappa shape index (κ3) is 16.8. The average Bonchev–Trinajstić information content (AvgIpc) is 2.63. The molecular weight excluding hydrogens is 326 g/mol. The van der Waals surface area contributed by atoms with Crippen molar-refractivity contribution in [3.8, 4) is 0 Å². The van der Waals surface area contributed by atoms with Crippen LogP contribution in [0.3, 0.4) is 0 Å². The lowest BCUT2D eigenvalue weighted by molar-refractivity contribution is -0.141. The lowest BCUT2D eigenvalue weighted by Crippen LogP contribution is -2.41. The molecule has 0 radical (unpaired) electrons. The van der Waals surface area contributed by atoms with Gasteiger partial charge in [0.1, 0.15) is 6.04 Å². The van der Waals surface area contributed by atoms with Gasteiger partial charge in [-0.3, -0.25) is 4.79 Å². The van der Waals surface area contributed by atoms with E-state index >= 15 is 0 Å². The number of rotatable bonds is 20. The Balaban J connectivity index is 3.15. The van der Waals surface area contributed by atoms with E-state index in [1.165, 1.54) is 96.3 Å². The van der Waals surface area contributed by atoms with Crippen molar-refractivity contribution in [3.05, 3.63) is 0 Å². The Kier molecular flexibility index (Phi) is 18.7. The van der Waals surface area contributed by atoms with Crippen LogP contribution < -0.4 is 5.73 Å². The maximum atomic E-state index is 10.6. The third-order valence-electron chi connectivity index (χ3n) is 5.30. The van der Waals surface area contributed by atoms with Crippen LogP contribution in [-0.2, 0) is 4.79 Å². The second-order valence-electron chi connectivity index (χ2n) is 7.88. The molecule has 26 heavy (non-hydrogen) atoms. The third-order valence-corrected chi connectivity index (χ3v) is 5.30. The van der Waals surface area contributed by atoms with Gasteiger partial charge in [0.25, 0.3) is 0 Å². The summed E-state index contributed by atoms with van der Waals surface area (Å²) in [5.74, 6) is -1.12. The van der Waals surface area contributed by atoms with Crippen molar-refractivity contribution in [1.82, 2.24) is 0 Å². The quantitative estimate of drug-likeness (QED) is 0.236. The molecule has 0 saturated carbocycles. The van der Waals surface area contributed by atoms with Crippen molar-refractivity contribution in [2.24, 2.45) is 5.73 Å². The Bertz CT molecular complexity index is 310. The second kappa shape index (κ2) is 19.2. The van der Waals surface area contributed by atoms with Crippen molar-refractivity contribution in [3.63, 3.8) is 0 Å². The highest BCUT2D eigenvalue weighted by atomic mass is 16.4. The van der Waals surface area contributed by atoms with Crippen LogP contribution in [0.2, 0.25) is 0 Å². The van der Waals surface area contributed by atoms with Crippen molar-refractivity contribution in [2.75, 3.05) is 0 Å². The van der Waals surface area contributed by atoms with Crippen molar-refractivity contribution >= 4 is 5.97 Å². The zero-order valence-electron chi connectivity index (χ0n) is 17.3. The highest BCUT2D eigenvalue weighted by Gasteiger charge is 2.20. The number of carboxylic acid groups (broad SMARTS) is 1. The Morgan fingerprint density at radius 3 is 1.31 bits per heavy atom. The van der Waals surface area contributed by atoms with E-state index in [9.17, 15) is 9.90 Å². The summed E-state index contributed by atoms with van der Waals surface area (Å²) in [6.45, 7) is 2.27. The van der Waals surface area contributed by atoms with Crippen LogP contribution in [-0.4, -0.2) is 28.3 Å². The van der Waals surface area contributed by atoms with Gasteiger partial charge in [-0.25, -0.2) is 0 Å². The van der Waals surface area contributed by atoms with Gasteiger partial charge in [0, 0.05) is 0 Å². The molecule has 4 heteroatoms. The van der Waals surface area contributed by atoms with E-state index in [0.717, 1.165) is 12.8 Å². The number of nitrogens with two attached hydrogens (primary N) is 1. The molecule has 0 saturated heterocycles. The van der Waals surface area contributed by atoms with Crippen LogP contribution in [0.5, 0.6) is 0 Å². The van der Waals surface area contributed by atoms with E-state index in [-0.39, 0.29) is 0 Å². The van der Waals surface area contributed by atoms with Crippen LogP contribution in [0.25, 0.3) is 0 Å². The van der Waals surface area contributed by atoms with Crippen LogP contribution in [0.4, 0.5) is 0 Å². The van der Waals surface area contributed by atoms with Gasteiger partial charge in [-0.2, -0.15) is 0 Å². The van der Waals surface area contributed by atoms with Crippen LogP contribution >= 0.6 is 0 Å². The molecule has 0 spiro atoms. The predicted octanol–water partition coefficient (Wildman–Crippen LogP) is 5.80. The van der Waals surface area contributed by atoms with Gasteiger partial charge in [0.15, 0.2) is 0 Å². The topological polar surface area (TPSA) is 83.5 Å². The first-order chi connectivity index (χ1) is 12.6. The van der Waals surface area contributed by atoms with E-state index in [0.29, 0.717) is 6.42 Å². The number of carboxylic acids is 1. The number of carbonyl (C=O) groups is 1. The van der Waals surface area contributed by atoms with Gasteiger partial charge >= 0.3 is 5.97 Å². The van der Waals surface area contributed by atoms with Crippen LogP contribution in [0.1, 0.15) is 122 Å². The number of unbranched alkanes of at least 4 members (excludes halogenated alkanes) is 16. The molecule has 0 aliphatic heterocycles. The first-order valence-corrected chi connectivity index (χ1v) is 11.3. The summed E-state index contributed by atoms with van der Waals surface area (Å²) in [4.78, 5) is 10.6. The number of aliphatic carboxylic acids is 1. The maximum absolute atomic E-state index is 10.6. The number of hydrogen-bond acceptors (Lipinski definition) is 3. The normalized spacial score (nSPS) is 13.7. The number of aliphatic hydroxyl groups excluding tert-OH is 1. The van der Waals surface area contributed by atoms with Gasteiger partial charge in [-0.05, 0) is 6.42 Å². The number of hydrogen-bond donors (Lipinski definition) is 3. The predicted molar refractivity (Wildman–Crippen MR) is 110 cm³/mol. The molecule has 4 N–H and O–H groups in total. The zero-order chi connectivity index (χ0) is 19.5. The summed E-state index contributed by atoms with van der Waals surface area (Å²) in [5.41, 5.74) is 5.38. The Morgan fingerprint density at radius 2 is 1.00 bits per heavy atom. The highest BCUT2D eigenvalue weighted by molar-refractivity contribution is 5.73. The Labute approximate surface area is 161 Å². The van der Waals surface area contributed by atoms with E-state index in [4.69, 9.17) is 10.8 Å². The molecule has 0 bridgehead atoms. The molecule has 0 aromatic rings. The first-order valence-electron chi connectivity index (χ1n) is 11.3. The average molecular weight is 372 g/mol. The minimum Gasteiger partial charge on any atom is -0.480 e. The summed E-state index contributed by atoms with van der Waals surface area (Å²) in [5, 5.41) is 18.3. The molecule has 0 aliphatic carbocycles. The van der Waals surface area contributed by atoms with Gasteiger partial charge in [0.2, 0.25) is 0 Å². The Hall–Kier alpha value is -0.610. The summed E-state index contributed by atoms with van der Waals surface area (Å²) in [7, 11) is 0. The lowest BCUT2D eigenvalue weighted by atomic mass is 10.0. The minimum atomic E-state index is -1.14. The maximum Gasteiger partial charge on any atom is 0.323 e. The monoisotopic (exact) mass is 371 g/mol. The van der Waals surface area contributed by atoms with Crippen molar-refractivity contribution in [2.45, 2.75) is 135 Å². The fourth-order valence-corrected chi connectivity index (χ4v) is 3.42. The summed E-state index contributed by atoms with van der Waals surface area (Å²) in [6.07, 6.45) is 22.0. The van der Waals surface area contributed by atoms with E-state index in [1.807, 2.05) is 0 Å². The molecule has 156 valence electrons. The smallest absolute Gasteiger partial charge is 0.323 e. The summed E-state index contributed by atoms with van der Waals surface area (Å²) < 4.78 is 0. The summed E-state index contributed by atoms with van der Waals surface area (Å²) in [6, 6.07) is -1.14. The van der Waals surface area contributed by atoms with Crippen LogP contribution in [0.15, 0.2) is 0 Å². The van der Waals surface area contributed by atoms with E-state index in [1.54, 1.807) is 0 Å². The minimum absolute atomic E-state index is 0.492. The molecule has 0 fully saturated rings. The molecular formula is C22H45NO3.